The lowest BCUT2D eigenvalue weighted by Gasteiger charge is -2.37. The van der Waals surface area contributed by atoms with Crippen molar-refractivity contribution in [2.45, 2.75) is 57.9 Å². The van der Waals surface area contributed by atoms with Gasteiger partial charge in [-0.15, -0.1) is 0 Å². The monoisotopic (exact) mass is 265 g/mol. The lowest BCUT2D eigenvalue weighted by Crippen LogP contribution is -2.49. The molecule has 19 heavy (non-hydrogen) atoms. The number of carbonyl (C=O) groups is 2. The molecule has 0 aromatic carbocycles. The normalized spacial score (nSPS) is 27.8. The zero-order valence-corrected chi connectivity index (χ0v) is 11.6. The molecule has 1 N–H and O–H groups in total. The van der Waals surface area contributed by atoms with E-state index in [1.165, 1.54) is 18.4 Å². The van der Waals surface area contributed by atoms with Gasteiger partial charge in [-0.2, -0.15) is 0 Å². The van der Waals surface area contributed by atoms with Crippen LogP contribution in [-0.4, -0.2) is 34.5 Å². The first-order valence-corrected chi connectivity index (χ1v) is 7.30. The van der Waals surface area contributed by atoms with Crippen molar-refractivity contribution in [3.63, 3.8) is 0 Å². The number of nitrogens with zero attached hydrogens (tertiary/aromatic N) is 1. The number of rotatable bonds is 3. The van der Waals surface area contributed by atoms with Crippen molar-refractivity contribution in [1.82, 2.24) is 4.90 Å². The Balaban J connectivity index is 1.97. The van der Waals surface area contributed by atoms with Crippen LogP contribution in [0.2, 0.25) is 0 Å². The Labute approximate surface area is 114 Å². The topological polar surface area (TPSA) is 57.6 Å². The minimum absolute atomic E-state index is 0.103. The minimum Gasteiger partial charge on any atom is -0.481 e. The van der Waals surface area contributed by atoms with E-state index >= 15 is 0 Å². The average Bonchev–Trinajstić information content (AvgIpc) is 2.39. The predicted molar refractivity (Wildman–Crippen MR) is 72.7 cm³/mol. The summed E-state index contributed by atoms with van der Waals surface area (Å²) in [5.41, 5.74) is 1.24. The number of carboxylic acid groups (broad SMARTS) is 1. The number of piperidine rings is 1. The molecule has 2 aliphatic rings. The summed E-state index contributed by atoms with van der Waals surface area (Å²) in [5.74, 6) is -1.08. The van der Waals surface area contributed by atoms with Gasteiger partial charge < -0.3 is 10.0 Å². The van der Waals surface area contributed by atoms with Gasteiger partial charge in [0.2, 0.25) is 5.91 Å². The van der Waals surface area contributed by atoms with Gasteiger partial charge in [0.1, 0.15) is 0 Å². The van der Waals surface area contributed by atoms with Crippen LogP contribution < -0.4 is 0 Å². The predicted octanol–water partition coefficient (Wildman–Crippen LogP) is 2.59. The fraction of sp³-hybridized carbons (Fsp3) is 0.733. The van der Waals surface area contributed by atoms with Gasteiger partial charge in [-0.3, -0.25) is 9.59 Å². The second kappa shape index (κ2) is 6.22. The van der Waals surface area contributed by atoms with Gasteiger partial charge in [-0.05, 0) is 45.4 Å². The third kappa shape index (κ3) is 3.37. The van der Waals surface area contributed by atoms with Gasteiger partial charge in [0, 0.05) is 19.0 Å². The highest BCUT2D eigenvalue weighted by atomic mass is 16.4. The molecule has 0 radical (unpaired) electrons. The third-order valence-corrected chi connectivity index (χ3v) is 4.39. The second-order valence-corrected chi connectivity index (χ2v) is 5.70. The van der Waals surface area contributed by atoms with Gasteiger partial charge in [-0.25, -0.2) is 0 Å². The number of hydrogen-bond acceptors (Lipinski definition) is 2. The summed E-state index contributed by atoms with van der Waals surface area (Å²) in [6.45, 7) is 2.57. The van der Waals surface area contributed by atoms with Crippen LogP contribution >= 0.6 is 0 Å². The van der Waals surface area contributed by atoms with Crippen LogP contribution in [0.4, 0.5) is 0 Å². The van der Waals surface area contributed by atoms with Gasteiger partial charge in [0.05, 0.1) is 5.92 Å². The van der Waals surface area contributed by atoms with E-state index in [4.69, 9.17) is 0 Å². The summed E-state index contributed by atoms with van der Waals surface area (Å²) >= 11 is 0. The molecule has 4 nitrogen and oxygen atoms in total. The molecule has 106 valence electrons. The van der Waals surface area contributed by atoms with E-state index in [9.17, 15) is 14.7 Å². The van der Waals surface area contributed by atoms with Crippen molar-refractivity contribution in [1.29, 1.82) is 0 Å². The van der Waals surface area contributed by atoms with E-state index in [2.05, 4.69) is 6.08 Å². The molecular weight excluding hydrogens is 242 g/mol. The largest absolute Gasteiger partial charge is 0.481 e. The molecular formula is C15H23NO3. The number of likely N-dealkylation sites (tertiary alicyclic amines) is 1. The first-order chi connectivity index (χ1) is 9.09. The Bertz CT molecular complexity index is 389. The Kier molecular flexibility index (Phi) is 4.61. The molecule has 0 bridgehead atoms. The molecule has 0 saturated carbocycles. The fourth-order valence-electron chi connectivity index (χ4n) is 3.19. The van der Waals surface area contributed by atoms with E-state index < -0.39 is 11.9 Å². The van der Waals surface area contributed by atoms with Gasteiger partial charge in [0.15, 0.2) is 0 Å². The summed E-state index contributed by atoms with van der Waals surface area (Å²) < 4.78 is 0. The van der Waals surface area contributed by atoms with Gasteiger partial charge >= 0.3 is 5.97 Å². The highest BCUT2D eigenvalue weighted by Crippen LogP contribution is 2.27. The smallest absolute Gasteiger partial charge is 0.308 e. The summed E-state index contributed by atoms with van der Waals surface area (Å²) in [5, 5.41) is 9.18. The Hall–Kier alpha value is -1.32. The molecule has 4 heteroatoms. The SMILES string of the molecule is C[C@@H]1[C@H](C(=O)O)CCCN1C(=O)CC1=CCCCC1. The molecule has 0 aromatic rings. The number of aliphatic carboxylic acids is 1. The number of amides is 1. The minimum atomic E-state index is -0.776. The standard InChI is InChI=1S/C15H23NO3/c1-11-13(15(18)19)8-5-9-16(11)14(17)10-12-6-3-2-4-7-12/h6,11,13H,2-5,7-10H2,1H3,(H,18,19)/t11-,13-/m1/s1. The highest BCUT2D eigenvalue weighted by Gasteiger charge is 2.35. The van der Waals surface area contributed by atoms with Crippen LogP contribution in [0.15, 0.2) is 11.6 Å². The quantitative estimate of drug-likeness (QED) is 0.798. The molecule has 1 aliphatic carbocycles. The van der Waals surface area contributed by atoms with E-state index in [1.807, 2.05) is 6.92 Å². The summed E-state index contributed by atoms with van der Waals surface area (Å²) in [4.78, 5) is 25.3. The van der Waals surface area contributed by atoms with Crippen LogP contribution in [0, 0.1) is 5.92 Å². The number of carboxylic acids is 1. The first kappa shape index (κ1) is 14.1. The van der Waals surface area contributed by atoms with Crippen molar-refractivity contribution >= 4 is 11.9 Å². The molecule has 0 spiro atoms. The van der Waals surface area contributed by atoms with E-state index in [0.717, 1.165) is 19.3 Å². The first-order valence-electron chi connectivity index (χ1n) is 7.30. The summed E-state index contributed by atoms with van der Waals surface area (Å²) in [7, 11) is 0. The maximum Gasteiger partial charge on any atom is 0.308 e. The zero-order chi connectivity index (χ0) is 13.8. The van der Waals surface area contributed by atoms with Crippen LogP contribution in [0.3, 0.4) is 0 Å². The Morgan fingerprint density at radius 2 is 2.16 bits per heavy atom. The molecule has 2 atom stereocenters. The summed E-state index contributed by atoms with van der Waals surface area (Å²) in [6.07, 6.45) is 8.65. The van der Waals surface area contributed by atoms with Crippen molar-refractivity contribution in [3.05, 3.63) is 11.6 Å². The van der Waals surface area contributed by atoms with Crippen LogP contribution in [0.1, 0.15) is 51.9 Å². The summed E-state index contributed by atoms with van der Waals surface area (Å²) in [6, 6.07) is -0.178. The maximum absolute atomic E-state index is 12.3. The van der Waals surface area contributed by atoms with Crippen molar-refractivity contribution < 1.29 is 14.7 Å². The molecule has 1 heterocycles. The van der Waals surface area contributed by atoms with E-state index in [1.54, 1.807) is 4.90 Å². The molecule has 1 saturated heterocycles. The molecule has 1 amide bonds. The molecule has 1 fully saturated rings. The Morgan fingerprint density at radius 1 is 1.37 bits per heavy atom. The Morgan fingerprint density at radius 3 is 2.79 bits per heavy atom. The highest BCUT2D eigenvalue weighted by molar-refractivity contribution is 5.80. The number of allylic oxidation sites excluding steroid dienone is 1. The molecule has 1 aliphatic heterocycles. The van der Waals surface area contributed by atoms with Crippen LogP contribution in [0.25, 0.3) is 0 Å². The molecule has 2 rings (SSSR count). The number of carbonyl (C=O) groups excluding carboxylic acids is 1. The van der Waals surface area contributed by atoms with Gasteiger partial charge in [-0.1, -0.05) is 11.6 Å². The van der Waals surface area contributed by atoms with E-state index in [-0.39, 0.29) is 11.9 Å². The van der Waals surface area contributed by atoms with Crippen molar-refractivity contribution in [3.8, 4) is 0 Å². The third-order valence-electron chi connectivity index (χ3n) is 4.39. The van der Waals surface area contributed by atoms with Crippen molar-refractivity contribution in [2.75, 3.05) is 6.54 Å². The molecule has 0 unspecified atom stereocenters. The lowest BCUT2D eigenvalue weighted by atomic mass is 9.89. The maximum atomic E-state index is 12.3. The fourth-order valence-corrected chi connectivity index (χ4v) is 3.19. The lowest BCUT2D eigenvalue weighted by molar-refractivity contribution is -0.148. The van der Waals surface area contributed by atoms with E-state index in [0.29, 0.717) is 19.4 Å². The number of hydrogen-bond donors (Lipinski definition) is 1. The van der Waals surface area contributed by atoms with Gasteiger partial charge in [0.25, 0.3) is 0 Å². The average molecular weight is 265 g/mol. The zero-order valence-electron chi connectivity index (χ0n) is 11.6. The van der Waals surface area contributed by atoms with Crippen molar-refractivity contribution in [2.24, 2.45) is 5.92 Å². The second-order valence-electron chi connectivity index (χ2n) is 5.70. The van der Waals surface area contributed by atoms with Crippen LogP contribution in [0.5, 0.6) is 0 Å². The molecule has 0 aromatic heterocycles. The van der Waals surface area contributed by atoms with Crippen LogP contribution in [-0.2, 0) is 9.59 Å².